The van der Waals surface area contributed by atoms with Crippen LogP contribution in [0, 0.1) is 0 Å². The van der Waals surface area contributed by atoms with Crippen LogP contribution in [0.1, 0.15) is 35.2 Å². The van der Waals surface area contributed by atoms with Crippen molar-refractivity contribution < 1.29 is 9.53 Å². The number of piperidine rings is 1. The maximum Gasteiger partial charge on any atom is 0.253 e. The van der Waals surface area contributed by atoms with E-state index >= 15 is 0 Å². The van der Waals surface area contributed by atoms with Crippen molar-refractivity contribution in [1.29, 1.82) is 0 Å². The molecule has 0 bridgehead atoms. The second-order valence-electron chi connectivity index (χ2n) is 6.60. The summed E-state index contributed by atoms with van der Waals surface area (Å²) in [6, 6.07) is 15.8. The van der Waals surface area contributed by atoms with Gasteiger partial charge in [-0.15, -0.1) is 0 Å². The van der Waals surface area contributed by atoms with Crippen molar-refractivity contribution in [2.24, 2.45) is 0 Å². The monoisotopic (exact) mass is 338 g/mol. The second-order valence-corrected chi connectivity index (χ2v) is 6.60. The fraction of sp³-hybridized carbons (Fsp3) is 0.381. The van der Waals surface area contributed by atoms with E-state index in [4.69, 9.17) is 4.74 Å². The van der Waals surface area contributed by atoms with Crippen LogP contribution in [0.25, 0.3) is 0 Å². The Morgan fingerprint density at radius 3 is 2.24 bits per heavy atom. The summed E-state index contributed by atoms with van der Waals surface area (Å²) in [7, 11) is 3.49. The normalized spacial score (nSPS) is 14.2. The van der Waals surface area contributed by atoms with E-state index in [0.717, 1.165) is 30.0 Å². The molecule has 132 valence electrons. The van der Waals surface area contributed by atoms with Crippen molar-refractivity contribution in [2.45, 2.75) is 25.8 Å². The summed E-state index contributed by atoms with van der Waals surface area (Å²) in [5.41, 5.74) is 3.03. The molecule has 0 unspecified atom stereocenters. The lowest BCUT2D eigenvalue weighted by atomic mass is 10.1. The molecule has 0 saturated carbocycles. The van der Waals surface area contributed by atoms with Gasteiger partial charge >= 0.3 is 0 Å². The highest BCUT2D eigenvalue weighted by Gasteiger charge is 2.14. The number of rotatable bonds is 5. The summed E-state index contributed by atoms with van der Waals surface area (Å²) in [5.74, 6) is 0.868. The Kier molecular flexibility index (Phi) is 5.59. The third-order valence-electron chi connectivity index (χ3n) is 4.76. The first kappa shape index (κ1) is 17.3. The van der Waals surface area contributed by atoms with E-state index in [9.17, 15) is 4.79 Å². The molecule has 1 fully saturated rings. The predicted octanol–water partition coefficient (Wildman–Crippen LogP) is 3.96. The fourth-order valence-corrected chi connectivity index (χ4v) is 3.26. The van der Waals surface area contributed by atoms with Gasteiger partial charge in [0.05, 0.1) is 7.11 Å². The number of methoxy groups -OCH3 is 1. The van der Waals surface area contributed by atoms with Crippen LogP contribution in [0.3, 0.4) is 0 Å². The van der Waals surface area contributed by atoms with Crippen molar-refractivity contribution in [3.05, 3.63) is 59.7 Å². The second kappa shape index (κ2) is 8.06. The van der Waals surface area contributed by atoms with E-state index in [2.05, 4.69) is 17.0 Å². The average Bonchev–Trinajstić information content (AvgIpc) is 2.69. The van der Waals surface area contributed by atoms with Gasteiger partial charge in [0.1, 0.15) is 5.75 Å². The molecule has 2 aromatic rings. The standard InChI is InChI=1S/C21H26N2O2/c1-22(16-17-6-12-20(25-2)13-7-17)21(24)18-8-10-19(11-9-18)23-14-4-3-5-15-23/h6-13H,3-5,14-16H2,1-2H3. The summed E-state index contributed by atoms with van der Waals surface area (Å²) in [5, 5.41) is 0. The van der Waals surface area contributed by atoms with Gasteiger partial charge in [-0.3, -0.25) is 4.79 Å². The van der Waals surface area contributed by atoms with Gasteiger partial charge in [-0.25, -0.2) is 0 Å². The Morgan fingerprint density at radius 2 is 1.64 bits per heavy atom. The van der Waals surface area contributed by atoms with Crippen LogP contribution in [0.15, 0.2) is 48.5 Å². The molecule has 1 aliphatic heterocycles. The highest BCUT2D eigenvalue weighted by atomic mass is 16.5. The minimum absolute atomic E-state index is 0.0426. The third kappa shape index (κ3) is 4.32. The molecule has 2 aromatic carbocycles. The molecule has 0 radical (unpaired) electrons. The average molecular weight is 338 g/mol. The van der Waals surface area contributed by atoms with Crippen LogP contribution in [0.4, 0.5) is 5.69 Å². The van der Waals surface area contributed by atoms with Crippen LogP contribution in [0.5, 0.6) is 5.75 Å². The van der Waals surface area contributed by atoms with Crippen LogP contribution in [-0.2, 0) is 6.54 Å². The summed E-state index contributed by atoms with van der Waals surface area (Å²) in [6.07, 6.45) is 3.83. The lowest BCUT2D eigenvalue weighted by molar-refractivity contribution is 0.0785. The Bertz CT molecular complexity index is 689. The van der Waals surface area contributed by atoms with E-state index in [1.165, 1.54) is 24.9 Å². The third-order valence-corrected chi connectivity index (χ3v) is 4.76. The molecule has 0 spiro atoms. The summed E-state index contributed by atoms with van der Waals surface area (Å²) in [6.45, 7) is 2.81. The maximum absolute atomic E-state index is 12.6. The first-order valence-electron chi connectivity index (χ1n) is 8.91. The number of nitrogens with zero attached hydrogens (tertiary/aromatic N) is 2. The molecular formula is C21H26N2O2. The first-order chi connectivity index (χ1) is 12.2. The van der Waals surface area contributed by atoms with Crippen LogP contribution in [0.2, 0.25) is 0 Å². The highest BCUT2D eigenvalue weighted by molar-refractivity contribution is 5.94. The number of carbonyl (C=O) groups excluding carboxylic acids is 1. The van der Waals surface area contributed by atoms with E-state index < -0.39 is 0 Å². The van der Waals surface area contributed by atoms with Crippen LogP contribution >= 0.6 is 0 Å². The largest absolute Gasteiger partial charge is 0.497 e. The van der Waals surface area contributed by atoms with Gasteiger partial charge in [0, 0.05) is 37.9 Å². The van der Waals surface area contributed by atoms with Crippen molar-refractivity contribution in [3.8, 4) is 5.75 Å². The molecule has 0 aromatic heterocycles. The van der Waals surface area contributed by atoms with Gasteiger partial charge in [-0.05, 0) is 61.2 Å². The van der Waals surface area contributed by atoms with Crippen molar-refractivity contribution >= 4 is 11.6 Å². The number of carbonyl (C=O) groups is 1. The zero-order chi connectivity index (χ0) is 17.6. The van der Waals surface area contributed by atoms with Gasteiger partial charge in [-0.1, -0.05) is 12.1 Å². The molecule has 0 atom stereocenters. The van der Waals surface area contributed by atoms with Gasteiger partial charge < -0.3 is 14.5 Å². The van der Waals surface area contributed by atoms with Crippen LogP contribution in [-0.4, -0.2) is 38.1 Å². The zero-order valence-corrected chi connectivity index (χ0v) is 15.1. The minimum Gasteiger partial charge on any atom is -0.497 e. The molecule has 3 rings (SSSR count). The van der Waals surface area contributed by atoms with Crippen molar-refractivity contribution in [1.82, 2.24) is 4.90 Å². The molecular weight excluding hydrogens is 312 g/mol. The maximum atomic E-state index is 12.6. The quantitative estimate of drug-likeness (QED) is 0.827. The predicted molar refractivity (Wildman–Crippen MR) is 101 cm³/mol. The molecule has 1 amide bonds. The van der Waals surface area contributed by atoms with E-state index in [1.807, 2.05) is 43.4 Å². The Hall–Kier alpha value is -2.49. The Balaban J connectivity index is 1.62. The Labute approximate surface area is 150 Å². The summed E-state index contributed by atoms with van der Waals surface area (Å²) in [4.78, 5) is 16.8. The van der Waals surface area contributed by atoms with Gasteiger partial charge in [0.25, 0.3) is 5.91 Å². The van der Waals surface area contributed by atoms with Crippen molar-refractivity contribution in [3.63, 3.8) is 0 Å². The number of ether oxygens (including phenoxy) is 1. The lowest BCUT2D eigenvalue weighted by Gasteiger charge is -2.29. The number of amides is 1. The summed E-state index contributed by atoms with van der Waals surface area (Å²) < 4.78 is 5.17. The van der Waals surface area contributed by atoms with Crippen molar-refractivity contribution in [2.75, 3.05) is 32.1 Å². The SMILES string of the molecule is COc1ccc(CN(C)C(=O)c2ccc(N3CCCCC3)cc2)cc1. The van der Waals surface area contributed by atoms with E-state index in [-0.39, 0.29) is 5.91 Å². The van der Waals surface area contributed by atoms with Gasteiger partial charge in [0.2, 0.25) is 0 Å². The number of hydrogen-bond donors (Lipinski definition) is 0. The Morgan fingerprint density at radius 1 is 1.00 bits per heavy atom. The number of benzene rings is 2. The molecule has 1 saturated heterocycles. The lowest BCUT2D eigenvalue weighted by Crippen LogP contribution is -2.29. The highest BCUT2D eigenvalue weighted by Crippen LogP contribution is 2.21. The molecule has 0 N–H and O–H groups in total. The van der Waals surface area contributed by atoms with E-state index in [1.54, 1.807) is 12.0 Å². The smallest absolute Gasteiger partial charge is 0.253 e. The number of anilines is 1. The van der Waals surface area contributed by atoms with Gasteiger partial charge in [0.15, 0.2) is 0 Å². The van der Waals surface area contributed by atoms with E-state index in [0.29, 0.717) is 6.54 Å². The summed E-state index contributed by atoms with van der Waals surface area (Å²) >= 11 is 0. The van der Waals surface area contributed by atoms with Gasteiger partial charge in [-0.2, -0.15) is 0 Å². The molecule has 4 heteroatoms. The first-order valence-corrected chi connectivity index (χ1v) is 8.91. The molecule has 0 aliphatic carbocycles. The molecule has 1 aliphatic rings. The zero-order valence-electron chi connectivity index (χ0n) is 15.1. The minimum atomic E-state index is 0.0426. The number of hydrogen-bond acceptors (Lipinski definition) is 3. The topological polar surface area (TPSA) is 32.8 Å². The molecule has 1 heterocycles. The molecule has 4 nitrogen and oxygen atoms in total. The van der Waals surface area contributed by atoms with Crippen LogP contribution < -0.4 is 9.64 Å². The molecule has 25 heavy (non-hydrogen) atoms. The fourth-order valence-electron chi connectivity index (χ4n) is 3.26.